The lowest BCUT2D eigenvalue weighted by molar-refractivity contribution is -0.138. The highest BCUT2D eigenvalue weighted by Gasteiger charge is 2.73. The maximum absolute atomic E-state index is 11.3. The fourth-order valence-electron chi connectivity index (χ4n) is 6.25. The van der Waals surface area contributed by atoms with Crippen LogP contribution in [0.5, 0.6) is 5.75 Å². The van der Waals surface area contributed by atoms with E-state index in [1.165, 1.54) is 11.1 Å². The van der Waals surface area contributed by atoms with E-state index in [-0.39, 0.29) is 18.1 Å². The first kappa shape index (κ1) is 20.9. The van der Waals surface area contributed by atoms with E-state index in [9.17, 15) is 15.2 Å². The van der Waals surface area contributed by atoms with E-state index < -0.39 is 5.97 Å². The van der Waals surface area contributed by atoms with Gasteiger partial charge in [0.05, 0.1) is 18.2 Å². The summed E-state index contributed by atoms with van der Waals surface area (Å²) < 4.78 is 11.3. The molecule has 172 valence electrons. The number of ether oxygens (including phenoxy) is 1. The summed E-state index contributed by atoms with van der Waals surface area (Å²) in [7, 11) is 0. The number of hydrogen-bond acceptors (Lipinski definition) is 7. The van der Waals surface area contributed by atoms with Gasteiger partial charge in [0.15, 0.2) is 0 Å². The van der Waals surface area contributed by atoms with E-state index in [0.717, 1.165) is 24.9 Å². The molecule has 3 atom stereocenters. The summed E-state index contributed by atoms with van der Waals surface area (Å²) in [6, 6.07) is 14.0. The number of aromatic nitrogens is 2. The van der Waals surface area contributed by atoms with E-state index in [0.29, 0.717) is 40.6 Å². The van der Waals surface area contributed by atoms with Crippen LogP contribution in [0.3, 0.4) is 0 Å². The number of carboxylic acid groups (broad SMARTS) is 1. The van der Waals surface area contributed by atoms with Crippen LogP contribution in [0.15, 0.2) is 40.9 Å². The minimum absolute atomic E-state index is 0.0329. The van der Waals surface area contributed by atoms with Crippen molar-refractivity contribution in [1.29, 1.82) is 5.26 Å². The highest BCUT2D eigenvalue weighted by molar-refractivity contribution is 5.72. The molecule has 0 radical (unpaired) electrons. The predicted octanol–water partition coefficient (Wildman–Crippen LogP) is 3.65. The third-order valence-corrected chi connectivity index (χ3v) is 7.48. The van der Waals surface area contributed by atoms with Gasteiger partial charge in [-0.3, -0.25) is 9.69 Å². The predicted molar refractivity (Wildman–Crippen MR) is 122 cm³/mol. The van der Waals surface area contributed by atoms with E-state index in [4.69, 9.17) is 9.26 Å². The van der Waals surface area contributed by atoms with Crippen LogP contribution in [-0.2, 0) is 16.6 Å². The molecule has 2 aliphatic carbocycles. The van der Waals surface area contributed by atoms with E-state index in [2.05, 4.69) is 27.2 Å². The number of likely N-dealkylation sites (tertiary alicyclic amines) is 1. The van der Waals surface area contributed by atoms with Crippen LogP contribution in [0.4, 0.5) is 0 Å². The van der Waals surface area contributed by atoms with Crippen molar-refractivity contribution in [1.82, 2.24) is 15.0 Å². The molecule has 1 saturated carbocycles. The molecule has 3 aromatic rings. The Morgan fingerprint density at radius 2 is 2.24 bits per heavy atom. The van der Waals surface area contributed by atoms with Gasteiger partial charge in [0.1, 0.15) is 11.8 Å². The van der Waals surface area contributed by atoms with Crippen LogP contribution in [-0.4, -0.2) is 51.4 Å². The molecule has 0 amide bonds. The number of rotatable bonds is 6. The zero-order valence-corrected chi connectivity index (χ0v) is 19.0. The van der Waals surface area contributed by atoms with Gasteiger partial charge in [-0.1, -0.05) is 23.4 Å². The molecule has 3 aliphatic rings. The summed E-state index contributed by atoms with van der Waals surface area (Å²) in [4.78, 5) is 18.0. The van der Waals surface area contributed by atoms with Crippen molar-refractivity contribution in [3.05, 3.63) is 53.1 Å². The Morgan fingerprint density at radius 3 is 3.00 bits per heavy atom. The topological polar surface area (TPSA) is 112 Å². The third kappa shape index (κ3) is 2.97. The SMILES string of the molecule is CC(C)Oc1ccc(-c2nc(-c3cccc4c3CC3C5N(CC(=O)O)CC[C@]435)no2)cc1C#N. The van der Waals surface area contributed by atoms with Crippen LogP contribution in [0.25, 0.3) is 22.8 Å². The van der Waals surface area contributed by atoms with Crippen LogP contribution in [0, 0.1) is 17.2 Å². The normalized spacial score (nSPS) is 24.4. The van der Waals surface area contributed by atoms with Gasteiger partial charge in [0.25, 0.3) is 5.89 Å². The maximum Gasteiger partial charge on any atom is 0.317 e. The second-order valence-electron chi connectivity index (χ2n) is 9.65. The number of nitriles is 1. The number of hydrogen-bond donors (Lipinski definition) is 1. The average molecular weight is 457 g/mol. The number of piperidine rings is 1. The first-order chi connectivity index (χ1) is 16.4. The third-order valence-electron chi connectivity index (χ3n) is 7.48. The molecule has 8 heteroatoms. The fraction of sp³-hybridized carbons (Fsp3) is 0.385. The summed E-state index contributed by atoms with van der Waals surface area (Å²) in [5.74, 6) is 1.10. The van der Waals surface area contributed by atoms with E-state index in [1.807, 2.05) is 32.0 Å². The quantitative estimate of drug-likeness (QED) is 0.598. The molecule has 2 unspecified atom stereocenters. The van der Waals surface area contributed by atoms with Gasteiger partial charge in [-0.05, 0) is 68.5 Å². The number of carbonyl (C=O) groups is 1. The molecular formula is C26H24N4O4. The van der Waals surface area contributed by atoms with Gasteiger partial charge >= 0.3 is 5.97 Å². The van der Waals surface area contributed by atoms with Crippen molar-refractivity contribution < 1.29 is 19.2 Å². The Kier molecular flexibility index (Phi) is 4.55. The van der Waals surface area contributed by atoms with E-state index >= 15 is 0 Å². The molecule has 34 heavy (non-hydrogen) atoms. The lowest BCUT2D eigenvalue weighted by atomic mass is 9.91. The number of benzene rings is 2. The molecule has 2 heterocycles. The number of carboxylic acids is 1. The van der Waals surface area contributed by atoms with Gasteiger partial charge in [-0.25, -0.2) is 0 Å². The molecule has 8 nitrogen and oxygen atoms in total. The zero-order valence-electron chi connectivity index (χ0n) is 19.0. The summed E-state index contributed by atoms with van der Waals surface area (Å²) in [5, 5.41) is 23.0. The molecule has 2 fully saturated rings. The first-order valence-electron chi connectivity index (χ1n) is 11.6. The first-order valence-corrected chi connectivity index (χ1v) is 11.6. The molecule has 1 spiro atoms. The van der Waals surface area contributed by atoms with Gasteiger partial charge in [0.2, 0.25) is 5.82 Å². The molecule has 6 rings (SSSR count). The highest BCUT2D eigenvalue weighted by atomic mass is 16.5. The fourth-order valence-corrected chi connectivity index (χ4v) is 6.25. The van der Waals surface area contributed by atoms with Crippen molar-refractivity contribution in [3.8, 4) is 34.7 Å². The van der Waals surface area contributed by atoms with Gasteiger partial charge in [-0.2, -0.15) is 10.2 Å². The highest BCUT2D eigenvalue weighted by Crippen LogP contribution is 2.69. The van der Waals surface area contributed by atoms with Crippen molar-refractivity contribution in [2.24, 2.45) is 5.92 Å². The second-order valence-corrected chi connectivity index (χ2v) is 9.65. The maximum atomic E-state index is 11.3. The molecular weight excluding hydrogens is 432 g/mol. The number of aliphatic carboxylic acids is 1. The lowest BCUT2D eigenvalue weighted by Crippen LogP contribution is -2.31. The minimum atomic E-state index is -0.765. The van der Waals surface area contributed by atoms with Gasteiger partial charge in [-0.15, -0.1) is 0 Å². The molecule has 1 aromatic heterocycles. The van der Waals surface area contributed by atoms with Crippen molar-refractivity contribution in [2.45, 2.75) is 44.2 Å². The van der Waals surface area contributed by atoms with Crippen molar-refractivity contribution in [2.75, 3.05) is 13.1 Å². The monoisotopic (exact) mass is 456 g/mol. The van der Waals surface area contributed by atoms with E-state index in [1.54, 1.807) is 12.1 Å². The molecule has 1 N–H and O–H groups in total. The Balaban J connectivity index is 1.30. The van der Waals surface area contributed by atoms with Crippen LogP contribution in [0.1, 0.15) is 37.0 Å². The van der Waals surface area contributed by atoms with Gasteiger partial charge < -0.3 is 14.4 Å². The van der Waals surface area contributed by atoms with Crippen molar-refractivity contribution >= 4 is 5.97 Å². The number of nitrogens with zero attached hydrogens (tertiary/aromatic N) is 4. The standard InChI is InChI=1S/C26H24N4O4/c1-14(2)33-21-7-6-15(10-16(21)12-27)25-28-24(29-34-25)17-4-3-5-19-18(17)11-20-23-26(19,20)8-9-30(23)13-22(31)32/h3-7,10,14,20,23H,8-9,11,13H2,1-2H3,(H,31,32)/t20?,23?,26-/m0/s1. The molecule has 0 bridgehead atoms. The smallest absolute Gasteiger partial charge is 0.317 e. The van der Waals surface area contributed by atoms with Gasteiger partial charge in [0, 0.05) is 22.6 Å². The Hall–Kier alpha value is -3.70. The summed E-state index contributed by atoms with van der Waals surface area (Å²) in [6.07, 6.45) is 1.86. The van der Waals surface area contributed by atoms with Crippen LogP contribution >= 0.6 is 0 Å². The second kappa shape index (κ2) is 7.40. The summed E-state index contributed by atoms with van der Waals surface area (Å²) in [6.45, 7) is 4.76. The summed E-state index contributed by atoms with van der Waals surface area (Å²) in [5.41, 5.74) is 4.67. The van der Waals surface area contributed by atoms with Crippen LogP contribution in [0.2, 0.25) is 0 Å². The Bertz CT molecular complexity index is 1360. The summed E-state index contributed by atoms with van der Waals surface area (Å²) >= 11 is 0. The molecule has 2 aromatic carbocycles. The largest absolute Gasteiger partial charge is 0.490 e. The number of fused-ring (bicyclic) bond motifs is 2. The van der Waals surface area contributed by atoms with Crippen molar-refractivity contribution in [3.63, 3.8) is 0 Å². The molecule has 1 aliphatic heterocycles. The Morgan fingerprint density at radius 1 is 1.38 bits per heavy atom. The van der Waals surface area contributed by atoms with Crippen LogP contribution < -0.4 is 4.74 Å². The lowest BCUT2D eigenvalue weighted by Gasteiger charge is -2.18. The molecule has 1 saturated heterocycles. The Labute approximate surface area is 196 Å². The minimum Gasteiger partial charge on any atom is -0.490 e. The zero-order chi connectivity index (χ0) is 23.6. The average Bonchev–Trinajstić information content (AvgIpc) is 3.20.